The summed E-state index contributed by atoms with van der Waals surface area (Å²) in [5.74, 6) is 0.877. The number of hydrogen-bond donors (Lipinski definition) is 2. The summed E-state index contributed by atoms with van der Waals surface area (Å²) in [5.41, 5.74) is 3.06. The first-order chi connectivity index (χ1) is 10.7. The normalized spacial score (nSPS) is 11.4. The minimum absolute atomic E-state index is 0.124. The smallest absolute Gasteiger partial charge is 0.121 e. The van der Waals surface area contributed by atoms with Crippen molar-refractivity contribution < 1.29 is 5.11 Å². The van der Waals surface area contributed by atoms with Gasteiger partial charge in [-0.05, 0) is 23.8 Å². The molecule has 0 aliphatic heterocycles. The fourth-order valence-electron chi connectivity index (χ4n) is 2.52. The van der Waals surface area contributed by atoms with Gasteiger partial charge in [-0.25, -0.2) is 4.98 Å². The summed E-state index contributed by atoms with van der Waals surface area (Å²) in [6, 6.07) is 15.8. The maximum Gasteiger partial charge on any atom is 0.121 e. The van der Waals surface area contributed by atoms with Crippen molar-refractivity contribution in [2.75, 3.05) is 13.2 Å². The van der Waals surface area contributed by atoms with Gasteiger partial charge in [-0.1, -0.05) is 41.9 Å². The molecular weight excluding hydrogens is 298 g/mol. The van der Waals surface area contributed by atoms with E-state index in [1.807, 2.05) is 36.4 Å². The summed E-state index contributed by atoms with van der Waals surface area (Å²) in [6.45, 7) is 2.16. The predicted octanol–water partition coefficient (Wildman–Crippen LogP) is 3.21. The Kier molecular flexibility index (Phi) is 4.73. The number of benzene rings is 2. The molecule has 0 spiro atoms. The first kappa shape index (κ1) is 15.0. The van der Waals surface area contributed by atoms with Crippen LogP contribution >= 0.6 is 11.6 Å². The number of nitrogens with one attached hydrogen (secondary N) is 1. The van der Waals surface area contributed by atoms with Crippen molar-refractivity contribution in [3.05, 3.63) is 64.9 Å². The van der Waals surface area contributed by atoms with E-state index < -0.39 is 0 Å². The van der Waals surface area contributed by atoms with Gasteiger partial charge in [0.25, 0.3) is 0 Å². The van der Waals surface area contributed by atoms with Gasteiger partial charge in [-0.2, -0.15) is 0 Å². The molecule has 4 nitrogen and oxygen atoms in total. The monoisotopic (exact) mass is 315 g/mol. The third-order valence-corrected chi connectivity index (χ3v) is 3.77. The van der Waals surface area contributed by atoms with E-state index in [0.29, 0.717) is 18.1 Å². The number of H-pyrrole nitrogens is 1. The zero-order valence-corrected chi connectivity index (χ0v) is 12.9. The van der Waals surface area contributed by atoms with Gasteiger partial charge in [0.15, 0.2) is 0 Å². The largest absolute Gasteiger partial charge is 0.395 e. The molecule has 0 saturated carbocycles. The van der Waals surface area contributed by atoms with Crippen LogP contribution in [-0.4, -0.2) is 33.1 Å². The van der Waals surface area contributed by atoms with Crippen LogP contribution in [0.4, 0.5) is 0 Å². The highest BCUT2D eigenvalue weighted by atomic mass is 35.5. The molecule has 3 aromatic rings. The van der Waals surface area contributed by atoms with Crippen molar-refractivity contribution >= 4 is 22.6 Å². The molecule has 2 N–H and O–H groups in total. The summed E-state index contributed by atoms with van der Waals surface area (Å²) in [5, 5.41) is 9.97. The quantitative estimate of drug-likeness (QED) is 0.734. The molecule has 1 heterocycles. The Morgan fingerprint density at radius 2 is 1.91 bits per heavy atom. The second-order valence-electron chi connectivity index (χ2n) is 5.26. The van der Waals surface area contributed by atoms with E-state index in [2.05, 4.69) is 27.0 Å². The molecule has 0 aliphatic carbocycles. The van der Waals surface area contributed by atoms with E-state index in [4.69, 9.17) is 11.6 Å². The molecule has 0 aliphatic rings. The van der Waals surface area contributed by atoms with Crippen LogP contribution in [0, 0.1) is 0 Å². The molecule has 114 valence electrons. The molecule has 3 rings (SSSR count). The van der Waals surface area contributed by atoms with Crippen LogP contribution in [-0.2, 0) is 13.1 Å². The molecule has 0 amide bonds. The Labute approximate surface area is 134 Å². The van der Waals surface area contributed by atoms with Gasteiger partial charge in [0, 0.05) is 18.1 Å². The van der Waals surface area contributed by atoms with Crippen molar-refractivity contribution in [3.63, 3.8) is 0 Å². The lowest BCUT2D eigenvalue weighted by atomic mass is 10.2. The average Bonchev–Trinajstić information content (AvgIpc) is 2.90. The summed E-state index contributed by atoms with van der Waals surface area (Å²) in [6.07, 6.45) is 0. The molecule has 22 heavy (non-hydrogen) atoms. The molecule has 0 saturated heterocycles. The number of hydrogen-bond acceptors (Lipinski definition) is 3. The summed E-state index contributed by atoms with van der Waals surface area (Å²) in [4.78, 5) is 10.0. The van der Waals surface area contributed by atoms with Crippen LogP contribution < -0.4 is 0 Å². The van der Waals surface area contributed by atoms with Crippen molar-refractivity contribution in [2.45, 2.75) is 13.1 Å². The SMILES string of the molecule is OCCN(Cc1ccccc1)Cc1nc2ccc(Cl)cc2[nH]1. The standard InChI is InChI=1S/C17H18ClN3O/c18-14-6-7-15-16(10-14)20-17(19-15)12-21(8-9-22)11-13-4-2-1-3-5-13/h1-7,10,22H,8-9,11-12H2,(H,19,20). The second kappa shape index (κ2) is 6.92. The molecule has 5 heteroatoms. The Balaban J connectivity index is 1.76. The number of rotatable bonds is 6. The summed E-state index contributed by atoms with van der Waals surface area (Å²) in [7, 11) is 0. The Morgan fingerprint density at radius 3 is 2.68 bits per heavy atom. The third kappa shape index (κ3) is 3.65. The van der Waals surface area contributed by atoms with Gasteiger partial charge in [0.05, 0.1) is 24.2 Å². The highest BCUT2D eigenvalue weighted by Crippen LogP contribution is 2.18. The van der Waals surface area contributed by atoms with Gasteiger partial charge in [-0.3, -0.25) is 4.90 Å². The van der Waals surface area contributed by atoms with Crippen LogP contribution in [0.25, 0.3) is 11.0 Å². The maximum absolute atomic E-state index is 9.28. The van der Waals surface area contributed by atoms with Gasteiger partial charge in [0.2, 0.25) is 0 Å². The highest BCUT2D eigenvalue weighted by molar-refractivity contribution is 6.31. The van der Waals surface area contributed by atoms with Crippen LogP contribution in [0.15, 0.2) is 48.5 Å². The first-order valence-electron chi connectivity index (χ1n) is 7.26. The van der Waals surface area contributed by atoms with Crippen LogP contribution in [0.5, 0.6) is 0 Å². The Hall–Kier alpha value is -1.88. The van der Waals surface area contributed by atoms with Gasteiger partial charge in [0.1, 0.15) is 5.82 Å². The minimum Gasteiger partial charge on any atom is -0.395 e. The lowest BCUT2D eigenvalue weighted by molar-refractivity contribution is 0.181. The average molecular weight is 316 g/mol. The number of aromatic nitrogens is 2. The number of imidazole rings is 1. The van der Waals surface area contributed by atoms with E-state index in [0.717, 1.165) is 23.4 Å². The van der Waals surface area contributed by atoms with Crippen LogP contribution in [0.2, 0.25) is 5.02 Å². The molecule has 0 unspecified atom stereocenters. The summed E-state index contributed by atoms with van der Waals surface area (Å²) < 4.78 is 0. The number of aliphatic hydroxyl groups is 1. The number of aliphatic hydroxyl groups excluding tert-OH is 1. The second-order valence-corrected chi connectivity index (χ2v) is 5.70. The molecular formula is C17H18ClN3O. The molecule has 0 bridgehead atoms. The lowest BCUT2D eigenvalue weighted by Crippen LogP contribution is -2.26. The first-order valence-corrected chi connectivity index (χ1v) is 7.63. The molecule has 0 radical (unpaired) electrons. The molecule has 0 atom stereocenters. The lowest BCUT2D eigenvalue weighted by Gasteiger charge is -2.20. The predicted molar refractivity (Wildman–Crippen MR) is 88.7 cm³/mol. The Morgan fingerprint density at radius 1 is 1.09 bits per heavy atom. The fraction of sp³-hybridized carbons (Fsp3) is 0.235. The van der Waals surface area contributed by atoms with E-state index in [1.54, 1.807) is 0 Å². The fourth-order valence-corrected chi connectivity index (χ4v) is 2.69. The van der Waals surface area contributed by atoms with Gasteiger partial charge < -0.3 is 10.1 Å². The van der Waals surface area contributed by atoms with Gasteiger partial charge in [-0.15, -0.1) is 0 Å². The van der Waals surface area contributed by atoms with Crippen molar-refractivity contribution in [1.29, 1.82) is 0 Å². The third-order valence-electron chi connectivity index (χ3n) is 3.53. The van der Waals surface area contributed by atoms with E-state index in [-0.39, 0.29) is 6.61 Å². The van der Waals surface area contributed by atoms with Gasteiger partial charge >= 0.3 is 0 Å². The van der Waals surface area contributed by atoms with Crippen LogP contribution in [0.3, 0.4) is 0 Å². The topological polar surface area (TPSA) is 52.1 Å². The number of halogens is 1. The van der Waals surface area contributed by atoms with Crippen LogP contribution in [0.1, 0.15) is 11.4 Å². The Bertz CT molecular complexity index is 742. The van der Waals surface area contributed by atoms with Crippen molar-refractivity contribution in [3.8, 4) is 0 Å². The summed E-state index contributed by atoms with van der Waals surface area (Å²) >= 11 is 6.00. The molecule has 2 aromatic carbocycles. The zero-order valence-electron chi connectivity index (χ0n) is 12.2. The number of fused-ring (bicyclic) bond motifs is 1. The number of aromatic amines is 1. The minimum atomic E-state index is 0.124. The highest BCUT2D eigenvalue weighted by Gasteiger charge is 2.10. The zero-order chi connectivity index (χ0) is 15.4. The maximum atomic E-state index is 9.28. The number of nitrogens with zero attached hydrogens (tertiary/aromatic N) is 2. The van der Waals surface area contributed by atoms with E-state index in [1.165, 1.54) is 5.56 Å². The molecule has 1 aromatic heterocycles. The van der Waals surface area contributed by atoms with E-state index in [9.17, 15) is 5.11 Å². The van der Waals surface area contributed by atoms with Crippen molar-refractivity contribution in [1.82, 2.24) is 14.9 Å². The molecule has 0 fully saturated rings. The van der Waals surface area contributed by atoms with E-state index >= 15 is 0 Å². The van der Waals surface area contributed by atoms with Crippen molar-refractivity contribution in [2.24, 2.45) is 0 Å².